The molecule has 1 heterocycles. The summed E-state index contributed by atoms with van der Waals surface area (Å²) in [6.07, 6.45) is 4.76. The van der Waals surface area contributed by atoms with Gasteiger partial charge in [-0.15, -0.1) is 0 Å². The maximum atomic E-state index is 5.54. The summed E-state index contributed by atoms with van der Waals surface area (Å²) in [6, 6.07) is 5.94. The third-order valence-electron chi connectivity index (χ3n) is 3.50. The van der Waals surface area contributed by atoms with Crippen molar-refractivity contribution in [1.82, 2.24) is 14.9 Å². The summed E-state index contributed by atoms with van der Waals surface area (Å²) in [5.74, 6) is 1.60. The number of ether oxygens (including phenoxy) is 2. The number of hydrogen-bond acceptors (Lipinski definition) is 4. The zero-order valence-corrected chi connectivity index (χ0v) is 13.1. The Morgan fingerprint density at radius 2 is 2.10 bits per heavy atom. The maximum absolute atomic E-state index is 5.54. The van der Waals surface area contributed by atoms with Crippen LogP contribution >= 0.6 is 0 Å². The molecule has 1 aromatic heterocycles. The summed E-state index contributed by atoms with van der Waals surface area (Å²) in [5, 5.41) is 3.56. The van der Waals surface area contributed by atoms with Crippen LogP contribution in [-0.4, -0.2) is 30.3 Å². The molecule has 5 heteroatoms. The van der Waals surface area contributed by atoms with E-state index in [1.807, 2.05) is 42.3 Å². The molecule has 0 radical (unpaired) electrons. The van der Waals surface area contributed by atoms with E-state index in [-0.39, 0.29) is 6.04 Å². The van der Waals surface area contributed by atoms with Crippen LogP contribution in [0.5, 0.6) is 11.5 Å². The van der Waals surface area contributed by atoms with Gasteiger partial charge in [-0.1, -0.05) is 6.92 Å². The van der Waals surface area contributed by atoms with E-state index in [0.717, 1.165) is 35.7 Å². The minimum Gasteiger partial charge on any atom is -0.497 e. The van der Waals surface area contributed by atoms with E-state index >= 15 is 0 Å². The van der Waals surface area contributed by atoms with Gasteiger partial charge >= 0.3 is 0 Å². The van der Waals surface area contributed by atoms with Crippen molar-refractivity contribution in [2.24, 2.45) is 7.05 Å². The second kappa shape index (κ2) is 7.13. The van der Waals surface area contributed by atoms with Gasteiger partial charge in [0.2, 0.25) is 0 Å². The lowest BCUT2D eigenvalue weighted by molar-refractivity contribution is 0.386. The summed E-state index contributed by atoms with van der Waals surface area (Å²) in [4.78, 5) is 4.22. The minimum absolute atomic E-state index is 0.0401. The number of rotatable bonds is 7. The SMILES string of the molecule is CCCNC(c1ccc(OC)cc1OC)c1cncn1C. The van der Waals surface area contributed by atoms with Crippen LogP contribution in [-0.2, 0) is 7.05 Å². The third-order valence-corrected chi connectivity index (χ3v) is 3.50. The molecule has 0 bridgehead atoms. The van der Waals surface area contributed by atoms with Crippen LogP contribution in [0.15, 0.2) is 30.7 Å². The number of nitrogens with zero attached hydrogens (tertiary/aromatic N) is 2. The Hall–Kier alpha value is -2.01. The van der Waals surface area contributed by atoms with Gasteiger partial charge in [0.15, 0.2) is 0 Å². The van der Waals surface area contributed by atoms with Crippen molar-refractivity contribution in [2.75, 3.05) is 20.8 Å². The number of methoxy groups -OCH3 is 2. The molecule has 0 saturated heterocycles. The minimum atomic E-state index is 0.0401. The molecule has 5 nitrogen and oxygen atoms in total. The molecule has 0 aliphatic carbocycles. The summed E-state index contributed by atoms with van der Waals surface area (Å²) in [6.45, 7) is 3.07. The molecular formula is C16H23N3O2. The van der Waals surface area contributed by atoms with Gasteiger partial charge in [0.05, 0.1) is 38.5 Å². The zero-order chi connectivity index (χ0) is 15.2. The number of hydrogen-bond donors (Lipinski definition) is 1. The van der Waals surface area contributed by atoms with Crippen molar-refractivity contribution in [3.63, 3.8) is 0 Å². The van der Waals surface area contributed by atoms with E-state index in [1.54, 1.807) is 14.2 Å². The first-order chi connectivity index (χ1) is 10.2. The first-order valence-electron chi connectivity index (χ1n) is 7.12. The van der Waals surface area contributed by atoms with Crippen molar-refractivity contribution in [2.45, 2.75) is 19.4 Å². The molecule has 2 rings (SSSR count). The predicted octanol–water partition coefficient (Wildman–Crippen LogP) is 2.53. The Morgan fingerprint density at radius 3 is 2.67 bits per heavy atom. The molecule has 21 heavy (non-hydrogen) atoms. The van der Waals surface area contributed by atoms with Crippen molar-refractivity contribution in [3.8, 4) is 11.5 Å². The van der Waals surface area contributed by atoms with E-state index < -0.39 is 0 Å². The average molecular weight is 289 g/mol. The Labute approximate surface area is 125 Å². The molecule has 0 saturated carbocycles. The molecule has 0 aliphatic rings. The summed E-state index contributed by atoms with van der Waals surface area (Å²) < 4.78 is 12.8. The summed E-state index contributed by atoms with van der Waals surface area (Å²) in [7, 11) is 5.33. The Morgan fingerprint density at radius 1 is 1.29 bits per heavy atom. The van der Waals surface area contributed by atoms with Gasteiger partial charge in [-0.25, -0.2) is 4.98 Å². The highest BCUT2D eigenvalue weighted by molar-refractivity contribution is 5.45. The number of nitrogens with one attached hydrogen (secondary N) is 1. The molecule has 1 atom stereocenters. The lowest BCUT2D eigenvalue weighted by Gasteiger charge is -2.22. The largest absolute Gasteiger partial charge is 0.497 e. The first kappa shape index (κ1) is 15.4. The topological polar surface area (TPSA) is 48.3 Å². The van der Waals surface area contributed by atoms with Crippen LogP contribution < -0.4 is 14.8 Å². The molecule has 2 aromatic rings. The zero-order valence-electron chi connectivity index (χ0n) is 13.1. The highest BCUT2D eigenvalue weighted by Gasteiger charge is 2.20. The van der Waals surface area contributed by atoms with Gasteiger partial charge in [0, 0.05) is 18.7 Å². The fraction of sp³-hybridized carbons (Fsp3) is 0.438. The highest BCUT2D eigenvalue weighted by Crippen LogP contribution is 2.32. The van der Waals surface area contributed by atoms with Crippen LogP contribution in [0.3, 0.4) is 0 Å². The predicted molar refractivity (Wildman–Crippen MR) is 82.9 cm³/mol. The lowest BCUT2D eigenvalue weighted by atomic mass is 10.0. The standard InChI is InChI=1S/C16H23N3O2/c1-5-8-18-16(14-10-17-11-19(14)2)13-7-6-12(20-3)9-15(13)21-4/h6-7,9-11,16,18H,5,8H2,1-4H3. The van der Waals surface area contributed by atoms with Crippen LogP contribution in [0, 0.1) is 0 Å². The fourth-order valence-corrected chi connectivity index (χ4v) is 2.37. The van der Waals surface area contributed by atoms with E-state index in [4.69, 9.17) is 9.47 Å². The molecule has 0 spiro atoms. The van der Waals surface area contributed by atoms with Crippen LogP contribution in [0.2, 0.25) is 0 Å². The van der Waals surface area contributed by atoms with Crippen LogP contribution in [0.25, 0.3) is 0 Å². The number of aromatic nitrogens is 2. The van der Waals surface area contributed by atoms with Crippen molar-refractivity contribution in [1.29, 1.82) is 0 Å². The summed E-state index contributed by atoms with van der Waals surface area (Å²) in [5.41, 5.74) is 2.18. The monoisotopic (exact) mass is 289 g/mol. The first-order valence-corrected chi connectivity index (χ1v) is 7.12. The number of aryl methyl sites for hydroxylation is 1. The fourth-order valence-electron chi connectivity index (χ4n) is 2.37. The second-order valence-corrected chi connectivity index (χ2v) is 4.92. The average Bonchev–Trinajstić information content (AvgIpc) is 2.94. The van der Waals surface area contributed by atoms with Gasteiger partial charge in [0.25, 0.3) is 0 Å². The molecular weight excluding hydrogens is 266 g/mol. The third kappa shape index (κ3) is 3.36. The molecule has 1 aromatic carbocycles. The quantitative estimate of drug-likeness (QED) is 0.851. The Balaban J connectivity index is 2.43. The van der Waals surface area contributed by atoms with Crippen LogP contribution in [0.1, 0.15) is 30.6 Å². The molecule has 1 unspecified atom stereocenters. The van der Waals surface area contributed by atoms with Crippen molar-refractivity contribution < 1.29 is 9.47 Å². The molecule has 1 N–H and O–H groups in total. The molecule has 0 aliphatic heterocycles. The van der Waals surface area contributed by atoms with Crippen molar-refractivity contribution >= 4 is 0 Å². The summed E-state index contributed by atoms with van der Waals surface area (Å²) >= 11 is 0. The van der Waals surface area contributed by atoms with Gasteiger partial charge in [-0.3, -0.25) is 0 Å². The van der Waals surface area contributed by atoms with E-state index in [1.165, 1.54) is 0 Å². The van der Waals surface area contributed by atoms with E-state index in [2.05, 4.69) is 17.2 Å². The van der Waals surface area contributed by atoms with Gasteiger partial charge in [-0.2, -0.15) is 0 Å². The number of benzene rings is 1. The van der Waals surface area contributed by atoms with Crippen LogP contribution in [0.4, 0.5) is 0 Å². The smallest absolute Gasteiger partial charge is 0.127 e. The maximum Gasteiger partial charge on any atom is 0.127 e. The highest BCUT2D eigenvalue weighted by atomic mass is 16.5. The Bertz CT molecular complexity index is 581. The van der Waals surface area contributed by atoms with E-state index in [0.29, 0.717) is 0 Å². The molecule has 0 fully saturated rings. The number of imidazole rings is 1. The van der Waals surface area contributed by atoms with Gasteiger partial charge in [-0.05, 0) is 25.1 Å². The Kier molecular flexibility index (Phi) is 5.22. The van der Waals surface area contributed by atoms with Gasteiger partial charge < -0.3 is 19.4 Å². The van der Waals surface area contributed by atoms with Crippen molar-refractivity contribution in [3.05, 3.63) is 42.0 Å². The molecule has 0 amide bonds. The van der Waals surface area contributed by atoms with Gasteiger partial charge in [0.1, 0.15) is 11.5 Å². The second-order valence-electron chi connectivity index (χ2n) is 4.92. The molecule has 114 valence electrons. The van der Waals surface area contributed by atoms with E-state index in [9.17, 15) is 0 Å². The lowest BCUT2D eigenvalue weighted by Crippen LogP contribution is -2.25. The normalized spacial score (nSPS) is 12.2.